The lowest BCUT2D eigenvalue weighted by Crippen LogP contribution is -2.03. The predicted molar refractivity (Wildman–Crippen MR) is 72.8 cm³/mol. The molecule has 0 bridgehead atoms. The number of alkyl halides is 3. The zero-order chi connectivity index (χ0) is 14.4. The molecule has 108 valence electrons. The van der Waals surface area contributed by atoms with Crippen LogP contribution in [-0.4, -0.2) is 16.7 Å². The van der Waals surface area contributed by atoms with Crippen LogP contribution in [-0.2, 0) is 12.6 Å². The predicted octanol–water partition coefficient (Wildman–Crippen LogP) is 3.99. The van der Waals surface area contributed by atoms with Crippen molar-refractivity contribution in [1.82, 2.24) is 10.2 Å². The Kier molecular flexibility index (Phi) is 4.94. The normalized spacial score (nSPS) is 11.6. The molecule has 0 aliphatic rings. The van der Waals surface area contributed by atoms with Gasteiger partial charge in [-0.25, -0.2) is 0 Å². The number of unbranched alkanes of at least 4 members (excludes halogenated alkanes) is 1. The van der Waals surface area contributed by atoms with Gasteiger partial charge in [-0.3, -0.25) is 0 Å². The van der Waals surface area contributed by atoms with Crippen LogP contribution in [0.1, 0.15) is 23.4 Å². The summed E-state index contributed by atoms with van der Waals surface area (Å²) in [5, 5.41) is 8.77. The Morgan fingerprint density at radius 3 is 2.45 bits per heavy atom. The Morgan fingerprint density at radius 2 is 1.80 bits per heavy atom. The zero-order valence-electron chi connectivity index (χ0n) is 10.7. The summed E-state index contributed by atoms with van der Waals surface area (Å²) < 4.78 is 36.9. The maximum absolute atomic E-state index is 12.3. The molecule has 20 heavy (non-hydrogen) atoms. The first-order valence-corrected chi connectivity index (χ1v) is 7.06. The van der Waals surface area contributed by atoms with Gasteiger partial charge in [0.25, 0.3) is 0 Å². The standard InChI is InChI=1S/C13H14F3N3S/c14-13(15,16)11-18-19-12(20-11)17-9-5-4-8-10-6-2-1-3-7-10/h1-3,6-7H,4-5,8-9H2,(H,17,19). The Labute approximate surface area is 118 Å². The number of hydrogen-bond acceptors (Lipinski definition) is 4. The minimum atomic E-state index is -4.41. The Hall–Kier alpha value is -1.63. The number of aryl methyl sites for hydroxylation is 1. The lowest BCUT2D eigenvalue weighted by Gasteiger charge is -2.02. The van der Waals surface area contributed by atoms with E-state index in [1.807, 2.05) is 18.2 Å². The lowest BCUT2D eigenvalue weighted by atomic mass is 10.1. The highest BCUT2D eigenvalue weighted by Crippen LogP contribution is 2.32. The van der Waals surface area contributed by atoms with Gasteiger partial charge in [0.15, 0.2) is 0 Å². The van der Waals surface area contributed by atoms with Gasteiger partial charge in [-0.2, -0.15) is 13.2 Å². The molecule has 7 heteroatoms. The van der Waals surface area contributed by atoms with Crippen molar-refractivity contribution in [2.24, 2.45) is 0 Å². The second kappa shape index (κ2) is 6.69. The van der Waals surface area contributed by atoms with Gasteiger partial charge in [-0.05, 0) is 24.8 Å². The van der Waals surface area contributed by atoms with Crippen molar-refractivity contribution in [3.8, 4) is 0 Å². The van der Waals surface area contributed by atoms with Gasteiger partial charge in [0.05, 0.1) is 0 Å². The third-order valence-corrected chi connectivity index (χ3v) is 3.60. The summed E-state index contributed by atoms with van der Waals surface area (Å²) in [6.07, 6.45) is -1.60. The first kappa shape index (κ1) is 14.8. The number of anilines is 1. The largest absolute Gasteiger partial charge is 0.445 e. The highest BCUT2D eigenvalue weighted by molar-refractivity contribution is 7.15. The number of hydrogen-bond donors (Lipinski definition) is 1. The number of rotatable bonds is 6. The van der Waals surface area contributed by atoms with Crippen LogP contribution in [0.2, 0.25) is 0 Å². The average molecular weight is 301 g/mol. The van der Waals surface area contributed by atoms with Gasteiger partial charge < -0.3 is 5.32 Å². The van der Waals surface area contributed by atoms with E-state index in [4.69, 9.17) is 0 Å². The van der Waals surface area contributed by atoms with E-state index in [9.17, 15) is 13.2 Å². The van der Waals surface area contributed by atoms with Crippen LogP contribution in [0, 0.1) is 0 Å². The molecule has 1 heterocycles. The van der Waals surface area contributed by atoms with Crippen molar-refractivity contribution < 1.29 is 13.2 Å². The molecule has 0 fully saturated rings. The molecule has 0 radical (unpaired) electrons. The summed E-state index contributed by atoms with van der Waals surface area (Å²) >= 11 is 0.536. The molecule has 3 nitrogen and oxygen atoms in total. The van der Waals surface area contributed by atoms with Gasteiger partial charge in [0.1, 0.15) is 0 Å². The molecule has 1 aromatic carbocycles. The quantitative estimate of drug-likeness (QED) is 0.820. The van der Waals surface area contributed by atoms with E-state index in [0.29, 0.717) is 17.9 Å². The average Bonchev–Trinajstić information content (AvgIpc) is 2.88. The first-order valence-electron chi connectivity index (χ1n) is 6.24. The number of nitrogens with zero attached hydrogens (tertiary/aromatic N) is 2. The fraction of sp³-hybridized carbons (Fsp3) is 0.385. The monoisotopic (exact) mass is 301 g/mol. The number of halogens is 3. The van der Waals surface area contributed by atoms with Crippen molar-refractivity contribution in [1.29, 1.82) is 0 Å². The van der Waals surface area contributed by atoms with E-state index in [-0.39, 0.29) is 5.13 Å². The molecular formula is C13H14F3N3S. The molecule has 0 atom stereocenters. The number of nitrogens with one attached hydrogen (secondary N) is 1. The molecule has 1 aromatic heterocycles. The van der Waals surface area contributed by atoms with E-state index >= 15 is 0 Å². The summed E-state index contributed by atoms with van der Waals surface area (Å²) in [4.78, 5) is 0. The van der Waals surface area contributed by atoms with Crippen LogP contribution in [0.5, 0.6) is 0 Å². The first-order chi connectivity index (χ1) is 9.55. The summed E-state index contributed by atoms with van der Waals surface area (Å²) in [6, 6.07) is 10.1. The van der Waals surface area contributed by atoms with Crippen molar-refractivity contribution in [3.63, 3.8) is 0 Å². The van der Waals surface area contributed by atoms with E-state index in [1.165, 1.54) is 5.56 Å². The van der Waals surface area contributed by atoms with Crippen LogP contribution in [0.4, 0.5) is 18.3 Å². The highest BCUT2D eigenvalue weighted by atomic mass is 32.1. The molecule has 0 amide bonds. The van der Waals surface area contributed by atoms with E-state index in [0.717, 1.165) is 19.3 Å². The number of benzene rings is 1. The van der Waals surface area contributed by atoms with Crippen molar-refractivity contribution in [3.05, 3.63) is 40.9 Å². The zero-order valence-corrected chi connectivity index (χ0v) is 11.5. The third kappa shape index (κ3) is 4.48. The van der Waals surface area contributed by atoms with Gasteiger partial charge in [-0.1, -0.05) is 41.7 Å². The van der Waals surface area contributed by atoms with Crippen molar-refractivity contribution >= 4 is 16.5 Å². The highest BCUT2D eigenvalue weighted by Gasteiger charge is 2.35. The fourth-order valence-electron chi connectivity index (χ4n) is 1.70. The second-order valence-electron chi connectivity index (χ2n) is 4.28. The molecule has 0 aliphatic carbocycles. The molecule has 2 rings (SSSR count). The van der Waals surface area contributed by atoms with Crippen LogP contribution in [0.25, 0.3) is 0 Å². The maximum atomic E-state index is 12.3. The summed E-state index contributed by atoms with van der Waals surface area (Å²) in [5.74, 6) is 0. The van der Waals surface area contributed by atoms with Crippen LogP contribution < -0.4 is 5.32 Å². The van der Waals surface area contributed by atoms with Crippen LogP contribution >= 0.6 is 11.3 Å². The summed E-state index contributed by atoms with van der Waals surface area (Å²) in [5.41, 5.74) is 1.27. The van der Waals surface area contributed by atoms with E-state index in [1.54, 1.807) is 0 Å². The summed E-state index contributed by atoms with van der Waals surface area (Å²) in [7, 11) is 0. The molecule has 0 saturated carbocycles. The van der Waals surface area contributed by atoms with E-state index < -0.39 is 11.2 Å². The van der Waals surface area contributed by atoms with Gasteiger partial charge >= 0.3 is 6.18 Å². The summed E-state index contributed by atoms with van der Waals surface area (Å²) in [6.45, 7) is 0.597. The van der Waals surface area contributed by atoms with Crippen LogP contribution in [0.15, 0.2) is 30.3 Å². The SMILES string of the molecule is FC(F)(F)c1nnc(NCCCCc2ccccc2)s1. The molecule has 0 unspecified atom stereocenters. The minimum absolute atomic E-state index is 0.219. The molecule has 0 saturated heterocycles. The molecule has 1 N–H and O–H groups in total. The topological polar surface area (TPSA) is 37.8 Å². The Bertz CT molecular complexity index is 525. The second-order valence-corrected chi connectivity index (χ2v) is 5.26. The van der Waals surface area contributed by atoms with Crippen molar-refractivity contribution in [2.75, 3.05) is 11.9 Å². The molecule has 2 aromatic rings. The molecule has 0 aliphatic heterocycles. The lowest BCUT2D eigenvalue weighted by molar-refractivity contribution is -0.138. The van der Waals surface area contributed by atoms with Gasteiger partial charge in [-0.15, -0.1) is 10.2 Å². The Balaban J connectivity index is 1.67. The minimum Gasteiger partial charge on any atom is -0.360 e. The smallest absolute Gasteiger partial charge is 0.360 e. The molecule has 0 spiro atoms. The van der Waals surface area contributed by atoms with Crippen LogP contribution in [0.3, 0.4) is 0 Å². The van der Waals surface area contributed by atoms with E-state index in [2.05, 4.69) is 27.6 Å². The van der Waals surface area contributed by atoms with Gasteiger partial charge in [0, 0.05) is 6.54 Å². The van der Waals surface area contributed by atoms with Gasteiger partial charge in [0.2, 0.25) is 10.1 Å². The molecular weight excluding hydrogens is 287 g/mol. The maximum Gasteiger partial charge on any atom is 0.445 e. The third-order valence-electron chi connectivity index (χ3n) is 2.68. The Morgan fingerprint density at radius 1 is 1.05 bits per heavy atom. The fourth-order valence-corrected chi connectivity index (χ4v) is 2.34. The number of aromatic nitrogens is 2. The van der Waals surface area contributed by atoms with Crippen molar-refractivity contribution in [2.45, 2.75) is 25.4 Å².